The lowest BCUT2D eigenvalue weighted by atomic mass is 10.0. The van der Waals surface area contributed by atoms with E-state index in [1.807, 2.05) is 17.9 Å². The summed E-state index contributed by atoms with van der Waals surface area (Å²) in [7, 11) is 0. The van der Waals surface area contributed by atoms with Crippen molar-refractivity contribution < 1.29 is 23.2 Å². The van der Waals surface area contributed by atoms with Crippen molar-refractivity contribution in [1.82, 2.24) is 5.16 Å². The van der Waals surface area contributed by atoms with Crippen molar-refractivity contribution in [3.05, 3.63) is 65.2 Å². The topological polar surface area (TPSA) is 84.7 Å². The van der Waals surface area contributed by atoms with Gasteiger partial charge in [-0.3, -0.25) is 9.59 Å². The summed E-state index contributed by atoms with van der Waals surface area (Å²) in [6.45, 7) is 5.72. The van der Waals surface area contributed by atoms with Gasteiger partial charge in [0.05, 0.1) is 13.2 Å². The van der Waals surface area contributed by atoms with E-state index in [1.54, 1.807) is 24.3 Å². The maximum absolute atomic E-state index is 14.2. The van der Waals surface area contributed by atoms with Crippen LogP contribution in [0.25, 0.3) is 11.3 Å². The van der Waals surface area contributed by atoms with E-state index >= 15 is 0 Å². The van der Waals surface area contributed by atoms with Gasteiger partial charge in [0.1, 0.15) is 11.5 Å². The van der Waals surface area contributed by atoms with Gasteiger partial charge in [0.25, 0.3) is 5.91 Å². The zero-order valence-electron chi connectivity index (χ0n) is 17.3. The van der Waals surface area contributed by atoms with E-state index in [2.05, 4.69) is 10.5 Å². The average molecular weight is 423 g/mol. The van der Waals surface area contributed by atoms with E-state index in [4.69, 9.17) is 9.26 Å². The Kier molecular flexibility index (Phi) is 5.81. The Bertz CT molecular complexity index is 1140. The molecule has 7 nitrogen and oxygen atoms in total. The zero-order valence-corrected chi connectivity index (χ0v) is 17.3. The summed E-state index contributed by atoms with van der Waals surface area (Å²) in [5.74, 6) is -0.950. The second kappa shape index (κ2) is 8.69. The number of rotatable bonds is 5. The maximum atomic E-state index is 14.2. The number of ether oxygens (including phenoxy) is 1. The van der Waals surface area contributed by atoms with Crippen LogP contribution >= 0.6 is 0 Å². The fraction of sp³-hybridized carbons (Fsp3) is 0.261. The number of aryl methyl sites for hydroxylation is 1. The third-order valence-electron chi connectivity index (χ3n) is 5.15. The second-order valence-electron chi connectivity index (χ2n) is 7.41. The summed E-state index contributed by atoms with van der Waals surface area (Å²) in [4.78, 5) is 26.3. The molecular formula is C23H22FN3O4. The zero-order chi connectivity index (χ0) is 22.0. The van der Waals surface area contributed by atoms with Crippen LogP contribution in [0.4, 0.5) is 15.8 Å². The predicted molar refractivity (Wildman–Crippen MR) is 114 cm³/mol. The molecule has 0 bridgehead atoms. The van der Waals surface area contributed by atoms with Crippen LogP contribution in [-0.4, -0.2) is 43.2 Å². The second-order valence-corrected chi connectivity index (χ2v) is 7.41. The van der Waals surface area contributed by atoms with Gasteiger partial charge in [-0.1, -0.05) is 11.2 Å². The van der Waals surface area contributed by atoms with Crippen LogP contribution in [0.3, 0.4) is 0 Å². The van der Waals surface area contributed by atoms with Crippen LogP contribution in [0, 0.1) is 12.7 Å². The summed E-state index contributed by atoms with van der Waals surface area (Å²) < 4.78 is 24.6. The molecule has 0 radical (unpaired) electrons. The first-order valence-corrected chi connectivity index (χ1v) is 9.94. The standard InChI is InChI=1S/C23H22FN3O4/c1-14-3-4-18(12-20(14)21-13-22(15(2)28)31-26-21)25-23(29)16-9-17(24)11-19(10-16)27-5-7-30-8-6-27/h3-4,9-13H,5-8H2,1-2H3,(H,25,29). The molecule has 0 spiro atoms. The third kappa shape index (κ3) is 4.64. The monoisotopic (exact) mass is 423 g/mol. The van der Waals surface area contributed by atoms with Gasteiger partial charge in [0, 0.05) is 48.6 Å². The van der Waals surface area contributed by atoms with Gasteiger partial charge in [-0.2, -0.15) is 0 Å². The van der Waals surface area contributed by atoms with Crippen molar-refractivity contribution in [3.63, 3.8) is 0 Å². The van der Waals surface area contributed by atoms with Crippen LogP contribution in [0.5, 0.6) is 0 Å². The molecule has 1 aliphatic heterocycles. The van der Waals surface area contributed by atoms with Crippen molar-refractivity contribution in [2.45, 2.75) is 13.8 Å². The van der Waals surface area contributed by atoms with Crippen LogP contribution < -0.4 is 10.2 Å². The summed E-state index contributed by atoms with van der Waals surface area (Å²) in [5.41, 5.74) is 3.53. The highest BCUT2D eigenvalue weighted by Gasteiger charge is 2.17. The van der Waals surface area contributed by atoms with Gasteiger partial charge >= 0.3 is 0 Å². The minimum atomic E-state index is -0.474. The molecule has 0 saturated carbocycles. The number of anilines is 2. The number of hydrogen-bond donors (Lipinski definition) is 1. The summed E-state index contributed by atoms with van der Waals surface area (Å²) in [6.07, 6.45) is 0. The van der Waals surface area contributed by atoms with Gasteiger partial charge in [-0.15, -0.1) is 0 Å². The lowest BCUT2D eigenvalue weighted by molar-refractivity contribution is 0.0977. The Morgan fingerprint density at radius 2 is 1.87 bits per heavy atom. The number of benzene rings is 2. The van der Waals surface area contributed by atoms with E-state index in [-0.39, 0.29) is 17.1 Å². The van der Waals surface area contributed by atoms with Crippen LogP contribution in [-0.2, 0) is 4.74 Å². The average Bonchev–Trinajstić information content (AvgIpc) is 3.26. The minimum absolute atomic E-state index is 0.166. The number of morpholine rings is 1. The highest BCUT2D eigenvalue weighted by molar-refractivity contribution is 6.05. The Morgan fingerprint density at radius 1 is 1.10 bits per heavy atom. The Hall–Kier alpha value is -3.52. The first-order chi connectivity index (χ1) is 14.9. The Labute approximate surface area is 178 Å². The normalized spacial score (nSPS) is 13.8. The van der Waals surface area contributed by atoms with Crippen LogP contribution in [0.1, 0.15) is 33.4 Å². The van der Waals surface area contributed by atoms with Crippen molar-refractivity contribution in [2.75, 3.05) is 36.5 Å². The van der Waals surface area contributed by atoms with Crippen molar-refractivity contribution in [1.29, 1.82) is 0 Å². The molecule has 8 heteroatoms. The van der Waals surface area contributed by atoms with E-state index in [9.17, 15) is 14.0 Å². The highest BCUT2D eigenvalue weighted by atomic mass is 19.1. The maximum Gasteiger partial charge on any atom is 0.255 e. The SMILES string of the molecule is CC(=O)c1cc(-c2cc(NC(=O)c3cc(F)cc(N4CCOCC4)c3)ccc2C)no1. The summed E-state index contributed by atoms with van der Waals surface area (Å²) >= 11 is 0. The quantitative estimate of drug-likeness (QED) is 0.623. The van der Waals surface area contributed by atoms with Gasteiger partial charge in [-0.25, -0.2) is 4.39 Å². The predicted octanol–water partition coefficient (Wildman–Crippen LogP) is 4.08. The molecule has 2 heterocycles. The number of aromatic nitrogens is 1. The summed E-state index contributed by atoms with van der Waals surface area (Å²) in [6, 6.07) is 11.2. The number of carbonyl (C=O) groups excluding carboxylic acids is 2. The molecule has 1 N–H and O–H groups in total. The first kappa shape index (κ1) is 20.7. The van der Waals surface area contributed by atoms with Crippen LogP contribution in [0.2, 0.25) is 0 Å². The number of ketones is 1. The molecule has 4 rings (SSSR count). The molecule has 3 aromatic rings. The molecule has 0 atom stereocenters. The van der Waals surface area contributed by atoms with Gasteiger partial charge in [-0.05, 0) is 42.8 Å². The number of halogens is 1. The molecular weight excluding hydrogens is 401 g/mol. The molecule has 31 heavy (non-hydrogen) atoms. The molecule has 1 fully saturated rings. The largest absolute Gasteiger partial charge is 0.378 e. The molecule has 2 aromatic carbocycles. The number of carbonyl (C=O) groups is 2. The number of nitrogens with zero attached hydrogens (tertiary/aromatic N) is 2. The molecule has 1 saturated heterocycles. The van der Waals surface area contributed by atoms with Crippen molar-refractivity contribution >= 4 is 23.1 Å². The molecule has 1 aromatic heterocycles. The fourth-order valence-corrected chi connectivity index (χ4v) is 3.46. The highest BCUT2D eigenvalue weighted by Crippen LogP contribution is 2.27. The van der Waals surface area contributed by atoms with Crippen LogP contribution in [0.15, 0.2) is 47.0 Å². The minimum Gasteiger partial charge on any atom is -0.378 e. The van der Waals surface area contributed by atoms with Crippen molar-refractivity contribution in [2.24, 2.45) is 0 Å². The first-order valence-electron chi connectivity index (χ1n) is 9.94. The number of nitrogens with one attached hydrogen (secondary N) is 1. The molecule has 1 aliphatic rings. The smallest absolute Gasteiger partial charge is 0.255 e. The van der Waals surface area contributed by atoms with Crippen molar-refractivity contribution in [3.8, 4) is 11.3 Å². The van der Waals surface area contributed by atoms with E-state index in [0.29, 0.717) is 43.4 Å². The number of Topliss-reactive ketones (excluding diaryl/α,β-unsaturated/α-hetero) is 1. The lowest BCUT2D eigenvalue weighted by Crippen LogP contribution is -2.36. The number of amides is 1. The van der Waals surface area contributed by atoms with Gasteiger partial charge < -0.3 is 19.5 Å². The van der Waals surface area contributed by atoms with Gasteiger partial charge in [0.2, 0.25) is 5.76 Å². The van der Waals surface area contributed by atoms with Gasteiger partial charge in [0.15, 0.2) is 5.78 Å². The van der Waals surface area contributed by atoms with E-state index in [1.165, 1.54) is 19.1 Å². The fourth-order valence-electron chi connectivity index (χ4n) is 3.46. The number of hydrogen-bond acceptors (Lipinski definition) is 6. The molecule has 0 unspecified atom stereocenters. The molecule has 0 aliphatic carbocycles. The molecule has 1 amide bonds. The van der Waals surface area contributed by atoms with E-state index in [0.717, 1.165) is 11.1 Å². The lowest BCUT2D eigenvalue weighted by Gasteiger charge is -2.29. The third-order valence-corrected chi connectivity index (χ3v) is 5.15. The summed E-state index contributed by atoms with van der Waals surface area (Å²) in [5, 5.41) is 6.76. The Balaban J connectivity index is 1.57. The molecule has 160 valence electrons. The van der Waals surface area contributed by atoms with E-state index < -0.39 is 11.7 Å². The Morgan fingerprint density at radius 3 is 2.58 bits per heavy atom.